The number of carbonyl (C=O) groups is 2. The standard InChI is InChI=1S/C21H22O4/c1-2-7-14(21(23)24)12-20(22)25-13-19-17-10-5-3-8-15(17)16-9-4-6-11-18(16)19/h3-6,8-11,14,19H,2,7,12-13H2,1H3,(H,23,24)/t14-/m1/s1. The number of fused-ring (bicyclic) bond motifs is 3. The van der Waals surface area contributed by atoms with E-state index < -0.39 is 17.9 Å². The number of carbonyl (C=O) groups excluding carboxylic acids is 1. The quantitative estimate of drug-likeness (QED) is 0.767. The van der Waals surface area contributed by atoms with Crippen molar-refractivity contribution in [2.75, 3.05) is 6.61 Å². The van der Waals surface area contributed by atoms with Crippen LogP contribution < -0.4 is 0 Å². The Balaban J connectivity index is 1.71. The second-order valence-electron chi connectivity index (χ2n) is 6.44. The Morgan fingerprint density at radius 3 is 2.12 bits per heavy atom. The van der Waals surface area contributed by atoms with E-state index in [1.54, 1.807) is 0 Å². The molecule has 0 aliphatic heterocycles. The van der Waals surface area contributed by atoms with Crippen LogP contribution in [0.3, 0.4) is 0 Å². The van der Waals surface area contributed by atoms with Gasteiger partial charge in [0.2, 0.25) is 0 Å². The molecule has 1 atom stereocenters. The third-order valence-electron chi connectivity index (χ3n) is 4.77. The third kappa shape index (κ3) is 3.58. The largest absolute Gasteiger partial charge is 0.481 e. The van der Waals surface area contributed by atoms with Crippen molar-refractivity contribution in [1.82, 2.24) is 0 Å². The van der Waals surface area contributed by atoms with Crippen LogP contribution >= 0.6 is 0 Å². The maximum absolute atomic E-state index is 12.1. The highest BCUT2D eigenvalue weighted by Crippen LogP contribution is 2.44. The third-order valence-corrected chi connectivity index (χ3v) is 4.77. The predicted molar refractivity (Wildman–Crippen MR) is 95.3 cm³/mol. The van der Waals surface area contributed by atoms with Gasteiger partial charge in [-0.3, -0.25) is 9.59 Å². The summed E-state index contributed by atoms with van der Waals surface area (Å²) in [6, 6.07) is 16.3. The van der Waals surface area contributed by atoms with Gasteiger partial charge in [-0.1, -0.05) is 61.9 Å². The maximum atomic E-state index is 12.1. The molecule has 2 aromatic carbocycles. The molecule has 130 valence electrons. The van der Waals surface area contributed by atoms with Gasteiger partial charge in [-0.15, -0.1) is 0 Å². The number of aliphatic carboxylic acids is 1. The van der Waals surface area contributed by atoms with Crippen molar-refractivity contribution in [2.45, 2.75) is 32.1 Å². The molecule has 0 spiro atoms. The Morgan fingerprint density at radius 2 is 1.60 bits per heavy atom. The van der Waals surface area contributed by atoms with Crippen molar-refractivity contribution >= 4 is 11.9 Å². The Hall–Kier alpha value is -2.62. The number of rotatable bonds is 7. The average Bonchev–Trinajstić information content (AvgIpc) is 2.93. The summed E-state index contributed by atoms with van der Waals surface area (Å²) >= 11 is 0. The van der Waals surface area contributed by atoms with Gasteiger partial charge < -0.3 is 9.84 Å². The molecule has 0 radical (unpaired) electrons. The van der Waals surface area contributed by atoms with Crippen LogP contribution in [0.15, 0.2) is 48.5 Å². The van der Waals surface area contributed by atoms with Gasteiger partial charge in [0.15, 0.2) is 0 Å². The lowest BCUT2D eigenvalue weighted by Crippen LogP contribution is -2.21. The number of ether oxygens (including phenoxy) is 1. The van der Waals surface area contributed by atoms with E-state index in [2.05, 4.69) is 24.3 Å². The van der Waals surface area contributed by atoms with Gasteiger partial charge in [-0.05, 0) is 28.7 Å². The summed E-state index contributed by atoms with van der Waals surface area (Å²) in [5.74, 6) is -2.04. The lowest BCUT2D eigenvalue weighted by Gasteiger charge is -2.15. The fraction of sp³-hybridized carbons (Fsp3) is 0.333. The molecule has 0 fully saturated rings. The monoisotopic (exact) mass is 338 g/mol. The Bertz CT molecular complexity index is 735. The summed E-state index contributed by atoms with van der Waals surface area (Å²) in [6.45, 7) is 2.15. The molecule has 0 amide bonds. The molecule has 25 heavy (non-hydrogen) atoms. The zero-order valence-corrected chi connectivity index (χ0v) is 14.3. The number of carboxylic acids is 1. The molecule has 4 nitrogen and oxygen atoms in total. The maximum Gasteiger partial charge on any atom is 0.307 e. The molecule has 1 aliphatic carbocycles. The molecule has 0 saturated heterocycles. The lowest BCUT2D eigenvalue weighted by atomic mass is 9.98. The van der Waals surface area contributed by atoms with Gasteiger partial charge >= 0.3 is 11.9 Å². The second-order valence-corrected chi connectivity index (χ2v) is 6.44. The van der Waals surface area contributed by atoms with Gasteiger partial charge in [-0.25, -0.2) is 0 Å². The molecule has 0 unspecified atom stereocenters. The van der Waals surface area contributed by atoms with E-state index in [9.17, 15) is 14.7 Å². The van der Waals surface area contributed by atoms with Crippen LogP contribution in [0.25, 0.3) is 11.1 Å². The number of hydrogen-bond donors (Lipinski definition) is 1. The number of hydrogen-bond acceptors (Lipinski definition) is 3. The average molecular weight is 338 g/mol. The van der Waals surface area contributed by atoms with E-state index in [0.717, 1.165) is 17.5 Å². The van der Waals surface area contributed by atoms with Crippen LogP contribution in [0, 0.1) is 5.92 Å². The van der Waals surface area contributed by atoms with Gasteiger partial charge in [0, 0.05) is 5.92 Å². The van der Waals surface area contributed by atoms with Gasteiger partial charge in [0.1, 0.15) is 6.61 Å². The topological polar surface area (TPSA) is 63.6 Å². The summed E-state index contributed by atoms with van der Waals surface area (Å²) in [5.41, 5.74) is 4.65. The van der Waals surface area contributed by atoms with Crippen molar-refractivity contribution in [3.63, 3.8) is 0 Å². The summed E-state index contributed by atoms with van der Waals surface area (Å²) in [7, 11) is 0. The molecular weight excluding hydrogens is 316 g/mol. The first-order chi connectivity index (χ1) is 12.1. The number of benzene rings is 2. The Morgan fingerprint density at radius 1 is 1.04 bits per heavy atom. The van der Waals surface area contributed by atoms with Crippen LogP contribution in [0.1, 0.15) is 43.2 Å². The van der Waals surface area contributed by atoms with E-state index in [4.69, 9.17) is 4.74 Å². The molecule has 1 N–H and O–H groups in total. The molecule has 0 heterocycles. The summed E-state index contributed by atoms with van der Waals surface area (Å²) in [6.07, 6.45) is 1.15. The molecule has 3 rings (SSSR count). The fourth-order valence-corrected chi connectivity index (χ4v) is 3.54. The SMILES string of the molecule is CCC[C@H](CC(=O)OCC1c2ccccc2-c2ccccc21)C(=O)O. The van der Waals surface area contributed by atoms with Crippen LogP contribution in [0.4, 0.5) is 0 Å². The summed E-state index contributed by atoms with van der Waals surface area (Å²) in [5, 5.41) is 9.19. The van der Waals surface area contributed by atoms with E-state index in [1.807, 2.05) is 31.2 Å². The molecule has 0 bridgehead atoms. The molecular formula is C21H22O4. The normalized spacial score (nSPS) is 13.8. The number of esters is 1. The van der Waals surface area contributed by atoms with E-state index in [1.165, 1.54) is 11.1 Å². The minimum atomic E-state index is -0.935. The predicted octanol–water partition coefficient (Wildman–Crippen LogP) is 4.23. The van der Waals surface area contributed by atoms with Gasteiger partial charge in [-0.2, -0.15) is 0 Å². The minimum absolute atomic E-state index is 0.00537. The summed E-state index contributed by atoms with van der Waals surface area (Å²) < 4.78 is 5.46. The van der Waals surface area contributed by atoms with Crippen molar-refractivity contribution in [1.29, 1.82) is 0 Å². The smallest absolute Gasteiger partial charge is 0.307 e. The Kier molecular flexibility index (Phi) is 5.17. The second kappa shape index (κ2) is 7.51. The van der Waals surface area contributed by atoms with Crippen LogP contribution in [-0.2, 0) is 14.3 Å². The van der Waals surface area contributed by atoms with Crippen LogP contribution in [0.2, 0.25) is 0 Å². The van der Waals surface area contributed by atoms with Gasteiger partial charge in [0.05, 0.1) is 12.3 Å². The molecule has 4 heteroatoms. The first kappa shape index (κ1) is 17.2. The summed E-state index contributed by atoms with van der Waals surface area (Å²) in [4.78, 5) is 23.3. The molecule has 1 aliphatic rings. The van der Waals surface area contributed by atoms with Crippen molar-refractivity contribution in [3.05, 3.63) is 59.7 Å². The highest BCUT2D eigenvalue weighted by molar-refractivity contribution is 5.80. The zero-order chi connectivity index (χ0) is 17.8. The van der Waals surface area contributed by atoms with Crippen molar-refractivity contribution in [3.8, 4) is 11.1 Å². The van der Waals surface area contributed by atoms with Crippen LogP contribution in [0.5, 0.6) is 0 Å². The first-order valence-corrected chi connectivity index (χ1v) is 8.68. The Labute approximate surface area is 147 Å². The van der Waals surface area contributed by atoms with Crippen molar-refractivity contribution in [2.24, 2.45) is 5.92 Å². The minimum Gasteiger partial charge on any atom is -0.481 e. The molecule has 0 saturated carbocycles. The number of carboxylic acid groups (broad SMARTS) is 1. The molecule has 2 aromatic rings. The zero-order valence-electron chi connectivity index (χ0n) is 14.3. The molecule has 0 aromatic heterocycles. The lowest BCUT2D eigenvalue weighted by molar-refractivity contribution is -0.152. The highest BCUT2D eigenvalue weighted by Gasteiger charge is 2.29. The fourth-order valence-electron chi connectivity index (χ4n) is 3.54. The van der Waals surface area contributed by atoms with E-state index >= 15 is 0 Å². The van der Waals surface area contributed by atoms with Gasteiger partial charge in [0.25, 0.3) is 0 Å². The van der Waals surface area contributed by atoms with E-state index in [-0.39, 0.29) is 18.9 Å². The van der Waals surface area contributed by atoms with Crippen LogP contribution in [-0.4, -0.2) is 23.7 Å². The highest BCUT2D eigenvalue weighted by atomic mass is 16.5. The van der Waals surface area contributed by atoms with E-state index in [0.29, 0.717) is 6.42 Å². The van der Waals surface area contributed by atoms with Crippen molar-refractivity contribution < 1.29 is 19.4 Å². The first-order valence-electron chi connectivity index (χ1n) is 8.68.